The number of rotatable bonds is 3. The van der Waals surface area contributed by atoms with Crippen LogP contribution in [0.2, 0.25) is 5.02 Å². The molecule has 5 amide bonds. The Morgan fingerprint density at radius 1 is 1.09 bits per heavy atom. The van der Waals surface area contributed by atoms with E-state index in [0.717, 1.165) is 4.90 Å². The van der Waals surface area contributed by atoms with Crippen LogP contribution in [-0.4, -0.2) is 89.4 Å². The van der Waals surface area contributed by atoms with Crippen molar-refractivity contribution in [3.05, 3.63) is 23.4 Å². The first-order valence-electron chi connectivity index (χ1n) is 10.5. The molecule has 0 aliphatic carbocycles. The minimum Gasteiger partial charge on any atom is -0.444 e. The summed E-state index contributed by atoms with van der Waals surface area (Å²) >= 11 is 5.76. The van der Waals surface area contributed by atoms with Gasteiger partial charge in [0.1, 0.15) is 11.4 Å². The molecule has 0 bridgehead atoms. The van der Waals surface area contributed by atoms with E-state index >= 15 is 0 Å². The molecule has 1 aromatic heterocycles. The van der Waals surface area contributed by atoms with Crippen molar-refractivity contribution in [3.8, 4) is 0 Å². The van der Waals surface area contributed by atoms with Crippen molar-refractivity contribution in [1.82, 2.24) is 25.4 Å². The number of halogens is 1. The monoisotopic (exact) mass is 496 g/mol. The lowest BCUT2D eigenvalue weighted by Gasteiger charge is -2.39. The molecule has 12 nitrogen and oxygen atoms in total. The van der Waals surface area contributed by atoms with Gasteiger partial charge in [0.15, 0.2) is 0 Å². The highest BCUT2D eigenvalue weighted by atomic mass is 35.5. The summed E-state index contributed by atoms with van der Waals surface area (Å²) in [5.41, 5.74) is -0.778. The average Bonchev–Trinajstić information content (AvgIpc) is 2.73. The summed E-state index contributed by atoms with van der Waals surface area (Å²) < 4.78 is 5.27. The topological polar surface area (TPSA) is 150 Å². The number of hydrogen-bond donors (Lipinski definition) is 3. The number of carbonyl (C=O) groups excluding carboxylic acids is 5. The second-order valence-electron chi connectivity index (χ2n) is 8.89. The maximum atomic E-state index is 12.5. The normalized spacial score (nSPS) is 17.9. The molecule has 1 fully saturated rings. The number of likely N-dealkylation sites (N-methyl/N-ethyl adjacent to an activating group) is 1. The Morgan fingerprint density at radius 3 is 2.32 bits per heavy atom. The van der Waals surface area contributed by atoms with Crippen LogP contribution in [-0.2, 0) is 23.9 Å². The molecule has 186 valence electrons. The van der Waals surface area contributed by atoms with Gasteiger partial charge in [-0.05, 0) is 39.3 Å². The van der Waals surface area contributed by atoms with E-state index in [9.17, 15) is 24.0 Å². The molecular weight excluding hydrogens is 468 g/mol. The number of pyridine rings is 1. The van der Waals surface area contributed by atoms with Crippen LogP contribution < -0.4 is 16.0 Å². The predicted octanol–water partition coefficient (Wildman–Crippen LogP) is 0.372. The Hall–Kier alpha value is -3.41. The first kappa shape index (κ1) is 26.8. The van der Waals surface area contributed by atoms with Crippen molar-refractivity contribution in [2.45, 2.75) is 44.9 Å². The number of piperidine rings is 1. The molecule has 0 spiro atoms. The molecule has 3 N–H and O–H groups in total. The van der Waals surface area contributed by atoms with Gasteiger partial charge < -0.3 is 30.5 Å². The summed E-state index contributed by atoms with van der Waals surface area (Å²) in [7, 11) is 2.91. The van der Waals surface area contributed by atoms with Gasteiger partial charge in [0.25, 0.3) is 0 Å². The van der Waals surface area contributed by atoms with Crippen molar-refractivity contribution in [3.63, 3.8) is 0 Å². The summed E-state index contributed by atoms with van der Waals surface area (Å²) in [6, 6.07) is 1.42. The molecule has 1 aromatic rings. The molecule has 2 heterocycles. The van der Waals surface area contributed by atoms with Crippen LogP contribution in [0.4, 0.5) is 10.6 Å². The zero-order chi connectivity index (χ0) is 25.6. The fourth-order valence-corrected chi connectivity index (χ4v) is 3.21. The molecule has 1 aliphatic heterocycles. The Labute approximate surface area is 202 Å². The standard InChI is InChI=1S/C21H29ClN6O6/c1-21(2,3)34-20(33)25-14-11-28(19(32)18(31)27(4)5)9-8-13(14)24-16(29)17(30)26-15-7-6-12(22)10-23-15/h6-7,10,13-14H,8-9,11H2,1-5H3,(H,24,29)(H,25,33)(H,23,26,30)/t13-,14+/m0/s1. The van der Waals surface area contributed by atoms with E-state index in [2.05, 4.69) is 20.9 Å². The SMILES string of the molecule is CN(C)C(=O)C(=O)N1CC[C@H](NC(=O)C(=O)Nc2ccc(Cl)cn2)[C@H](NC(=O)OC(C)(C)C)C1. The number of aromatic nitrogens is 1. The number of likely N-dealkylation sites (tertiary alicyclic amines) is 1. The number of nitrogens with zero attached hydrogens (tertiary/aromatic N) is 3. The summed E-state index contributed by atoms with van der Waals surface area (Å²) in [5.74, 6) is -3.24. The van der Waals surface area contributed by atoms with Gasteiger partial charge in [-0.25, -0.2) is 9.78 Å². The van der Waals surface area contributed by atoms with Crippen molar-refractivity contribution < 1.29 is 28.7 Å². The number of nitrogens with one attached hydrogen (secondary N) is 3. The highest BCUT2D eigenvalue weighted by Crippen LogP contribution is 2.15. The fourth-order valence-electron chi connectivity index (χ4n) is 3.10. The lowest BCUT2D eigenvalue weighted by molar-refractivity contribution is -0.151. The molecule has 1 saturated heterocycles. The number of ether oxygens (including phenoxy) is 1. The van der Waals surface area contributed by atoms with Gasteiger partial charge in [-0.2, -0.15) is 0 Å². The van der Waals surface area contributed by atoms with Crippen molar-refractivity contribution >= 4 is 47.1 Å². The van der Waals surface area contributed by atoms with E-state index in [1.165, 1.54) is 37.3 Å². The van der Waals surface area contributed by atoms with Gasteiger partial charge >= 0.3 is 29.7 Å². The van der Waals surface area contributed by atoms with Crippen LogP contribution >= 0.6 is 11.6 Å². The molecule has 1 aliphatic rings. The molecular formula is C21H29ClN6O6. The van der Waals surface area contributed by atoms with Crippen LogP contribution in [0.15, 0.2) is 18.3 Å². The van der Waals surface area contributed by atoms with Crippen molar-refractivity contribution in [2.75, 3.05) is 32.5 Å². The quantitative estimate of drug-likeness (QED) is 0.511. The van der Waals surface area contributed by atoms with E-state index in [1.54, 1.807) is 20.8 Å². The van der Waals surface area contributed by atoms with E-state index in [1.807, 2.05) is 0 Å². The van der Waals surface area contributed by atoms with Crippen molar-refractivity contribution in [1.29, 1.82) is 0 Å². The highest BCUT2D eigenvalue weighted by Gasteiger charge is 2.37. The Morgan fingerprint density at radius 2 is 1.76 bits per heavy atom. The fraction of sp³-hybridized carbons (Fsp3) is 0.524. The predicted molar refractivity (Wildman–Crippen MR) is 123 cm³/mol. The Kier molecular flexibility index (Phi) is 8.80. The molecule has 0 radical (unpaired) electrons. The maximum Gasteiger partial charge on any atom is 0.408 e. The summed E-state index contributed by atoms with van der Waals surface area (Å²) in [5, 5.41) is 7.92. The van der Waals surface area contributed by atoms with E-state index < -0.39 is 47.4 Å². The first-order valence-corrected chi connectivity index (χ1v) is 10.9. The number of alkyl carbamates (subject to hydrolysis) is 1. The molecule has 0 unspecified atom stereocenters. The van der Waals surface area contributed by atoms with Gasteiger partial charge in [-0.3, -0.25) is 19.2 Å². The molecule has 2 atom stereocenters. The van der Waals surface area contributed by atoms with Crippen molar-refractivity contribution in [2.24, 2.45) is 0 Å². The zero-order valence-electron chi connectivity index (χ0n) is 19.7. The van der Waals surface area contributed by atoms with Gasteiger partial charge in [-0.15, -0.1) is 0 Å². The number of amides is 5. The van der Waals surface area contributed by atoms with E-state index in [0.29, 0.717) is 5.02 Å². The lowest BCUT2D eigenvalue weighted by Crippen LogP contribution is -2.63. The molecule has 0 saturated carbocycles. The van der Waals surface area contributed by atoms with Crippen LogP contribution in [0.25, 0.3) is 0 Å². The van der Waals surface area contributed by atoms with Crippen LogP contribution in [0.5, 0.6) is 0 Å². The van der Waals surface area contributed by atoms with E-state index in [4.69, 9.17) is 16.3 Å². The maximum absolute atomic E-state index is 12.5. The van der Waals surface area contributed by atoms with E-state index in [-0.39, 0.29) is 25.3 Å². The molecule has 0 aromatic carbocycles. The third-order valence-corrected chi connectivity index (χ3v) is 4.91. The van der Waals surface area contributed by atoms with Gasteiger partial charge in [0.2, 0.25) is 0 Å². The summed E-state index contributed by atoms with van der Waals surface area (Å²) in [6.07, 6.45) is 0.739. The third-order valence-electron chi connectivity index (χ3n) is 4.68. The first-order chi connectivity index (χ1) is 15.8. The minimum atomic E-state index is -0.966. The third kappa shape index (κ3) is 7.87. The largest absolute Gasteiger partial charge is 0.444 e. The zero-order valence-corrected chi connectivity index (χ0v) is 20.4. The molecule has 13 heteroatoms. The van der Waals surface area contributed by atoms with Crippen LogP contribution in [0.1, 0.15) is 27.2 Å². The van der Waals surface area contributed by atoms with Crippen LogP contribution in [0.3, 0.4) is 0 Å². The smallest absolute Gasteiger partial charge is 0.408 e. The summed E-state index contributed by atoms with van der Waals surface area (Å²) in [6.45, 7) is 5.13. The second-order valence-corrected chi connectivity index (χ2v) is 9.32. The van der Waals surface area contributed by atoms with Gasteiger partial charge in [0, 0.05) is 33.4 Å². The number of anilines is 1. The highest BCUT2D eigenvalue weighted by molar-refractivity contribution is 6.39. The minimum absolute atomic E-state index is 0.0665. The number of carbonyl (C=O) groups is 5. The molecule has 2 rings (SSSR count). The van der Waals surface area contributed by atoms with Gasteiger partial charge in [-0.1, -0.05) is 11.6 Å². The lowest BCUT2D eigenvalue weighted by atomic mass is 9.98. The second kappa shape index (κ2) is 11.1. The van der Waals surface area contributed by atoms with Crippen LogP contribution in [0, 0.1) is 0 Å². The average molecular weight is 497 g/mol. The Bertz CT molecular complexity index is 946. The van der Waals surface area contributed by atoms with Gasteiger partial charge in [0.05, 0.1) is 17.1 Å². The Balaban J connectivity index is 2.10. The number of hydrogen-bond acceptors (Lipinski definition) is 7. The summed E-state index contributed by atoms with van der Waals surface area (Å²) in [4.78, 5) is 68.1. The molecule has 34 heavy (non-hydrogen) atoms.